The number of rotatable bonds is 12. The minimum absolute atomic E-state index is 0.134. The van der Waals surface area contributed by atoms with Gasteiger partial charge in [-0.15, -0.1) is 0 Å². The zero-order valence-electron chi connectivity index (χ0n) is 22.9. The summed E-state index contributed by atoms with van der Waals surface area (Å²) >= 11 is 0. The molecule has 0 radical (unpaired) electrons. The molecule has 206 valence electrons. The number of amides is 1. The molecule has 2 N–H and O–H groups in total. The number of nitrogens with zero attached hydrogens (tertiary/aromatic N) is 4. The van der Waals surface area contributed by atoms with E-state index < -0.39 is 5.91 Å². The average molecular weight is 547 g/mol. The SMILES string of the molecule is CN(C)CCNc1ccc(NC(=O)c2cc(OCc3ccccc3C#N)cc(OCc3ccccc3C#N)c2)nc1. The van der Waals surface area contributed by atoms with E-state index in [1.165, 1.54) is 0 Å². The molecular formula is C32H30N6O3. The zero-order valence-corrected chi connectivity index (χ0v) is 22.9. The molecule has 0 spiro atoms. The molecule has 4 rings (SSSR count). The van der Waals surface area contributed by atoms with Gasteiger partial charge in [0.2, 0.25) is 0 Å². The lowest BCUT2D eigenvalue weighted by Gasteiger charge is -2.14. The van der Waals surface area contributed by atoms with E-state index in [0.29, 0.717) is 34.0 Å². The van der Waals surface area contributed by atoms with E-state index in [2.05, 4.69) is 32.7 Å². The first-order valence-corrected chi connectivity index (χ1v) is 13.0. The highest BCUT2D eigenvalue weighted by Gasteiger charge is 2.13. The van der Waals surface area contributed by atoms with Crippen molar-refractivity contribution in [1.29, 1.82) is 10.5 Å². The average Bonchev–Trinajstić information content (AvgIpc) is 2.99. The third-order valence-corrected chi connectivity index (χ3v) is 6.10. The Bertz CT molecular complexity index is 1490. The van der Waals surface area contributed by atoms with Crippen LogP contribution in [0, 0.1) is 22.7 Å². The Labute approximate surface area is 239 Å². The van der Waals surface area contributed by atoms with Crippen LogP contribution in [-0.4, -0.2) is 43.0 Å². The highest BCUT2D eigenvalue weighted by Crippen LogP contribution is 2.26. The molecule has 0 atom stereocenters. The molecule has 0 fully saturated rings. The maximum Gasteiger partial charge on any atom is 0.257 e. The van der Waals surface area contributed by atoms with Gasteiger partial charge in [0.1, 0.15) is 30.5 Å². The van der Waals surface area contributed by atoms with E-state index in [1.807, 2.05) is 44.4 Å². The summed E-state index contributed by atoms with van der Waals surface area (Å²) in [5.41, 5.74) is 3.62. The van der Waals surface area contributed by atoms with Gasteiger partial charge < -0.3 is 25.0 Å². The third-order valence-electron chi connectivity index (χ3n) is 6.10. The molecule has 1 amide bonds. The second-order valence-corrected chi connectivity index (χ2v) is 9.42. The number of ether oxygens (including phenoxy) is 2. The van der Waals surface area contributed by atoms with Crippen LogP contribution in [-0.2, 0) is 13.2 Å². The Balaban J connectivity index is 1.52. The van der Waals surface area contributed by atoms with E-state index >= 15 is 0 Å². The number of likely N-dealkylation sites (N-methyl/N-ethyl adjacent to an activating group) is 1. The number of aromatic nitrogens is 1. The van der Waals surface area contributed by atoms with E-state index in [-0.39, 0.29) is 13.2 Å². The lowest BCUT2D eigenvalue weighted by Crippen LogP contribution is -2.20. The number of hydrogen-bond acceptors (Lipinski definition) is 8. The number of nitrogens with one attached hydrogen (secondary N) is 2. The number of carbonyl (C=O) groups is 1. The largest absolute Gasteiger partial charge is 0.489 e. The number of benzene rings is 3. The van der Waals surface area contributed by atoms with Crippen molar-refractivity contribution in [2.24, 2.45) is 0 Å². The smallest absolute Gasteiger partial charge is 0.257 e. The van der Waals surface area contributed by atoms with Crippen molar-refractivity contribution in [2.75, 3.05) is 37.8 Å². The molecule has 41 heavy (non-hydrogen) atoms. The number of anilines is 2. The van der Waals surface area contributed by atoms with Gasteiger partial charge in [-0.1, -0.05) is 36.4 Å². The Kier molecular flexibility index (Phi) is 9.87. The highest BCUT2D eigenvalue weighted by atomic mass is 16.5. The molecule has 0 bridgehead atoms. The minimum atomic E-state index is -0.393. The highest BCUT2D eigenvalue weighted by molar-refractivity contribution is 6.04. The van der Waals surface area contributed by atoms with E-state index in [4.69, 9.17) is 9.47 Å². The van der Waals surface area contributed by atoms with E-state index in [9.17, 15) is 15.3 Å². The van der Waals surface area contributed by atoms with Crippen LogP contribution >= 0.6 is 0 Å². The van der Waals surface area contributed by atoms with Gasteiger partial charge in [0.05, 0.1) is 35.1 Å². The molecule has 0 saturated heterocycles. The van der Waals surface area contributed by atoms with Crippen LogP contribution in [0.15, 0.2) is 85.1 Å². The Morgan fingerprint density at radius 1 is 0.854 bits per heavy atom. The Hall–Kier alpha value is -5.38. The van der Waals surface area contributed by atoms with Gasteiger partial charge in [0.25, 0.3) is 5.91 Å². The summed E-state index contributed by atoms with van der Waals surface area (Å²) in [5, 5.41) is 24.9. The van der Waals surface area contributed by atoms with Crippen LogP contribution in [0.1, 0.15) is 32.6 Å². The quantitative estimate of drug-likeness (QED) is 0.248. The van der Waals surface area contributed by atoms with Crippen LogP contribution in [0.4, 0.5) is 11.5 Å². The van der Waals surface area contributed by atoms with Crippen LogP contribution in [0.3, 0.4) is 0 Å². The number of hydrogen-bond donors (Lipinski definition) is 2. The molecule has 9 nitrogen and oxygen atoms in total. The summed E-state index contributed by atoms with van der Waals surface area (Å²) in [6.45, 7) is 1.92. The number of carbonyl (C=O) groups excluding carboxylic acids is 1. The second-order valence-electron chi connectivity index (χ2n) is 9.42. The van der Waals surface area contributed by atoms with Crippen molar-refractivity contribution in [1.82, 2.24) is 9.88 Å². The Morgan fingerprint density at radius 2 is 1.44 bits per heavy atom. The molecule has 0 unspecified atom stereocenters. The van der Waals surface area contributed by atoms with Crippen molar-refractivity contribution in [2.45, 2.75) is 13.2 Å². The summed E-state index contributed by atoms with van der Waals surface area (Å²) in [4.78, 5) is 19.7. The predicted octanol–water partition coefficient (Wildman–Crippen LogP) is 5.21. The summed E-state index contributed by atoms with van der Waals surface area (Å²) in [6.07, 6.45) is 1.67. The fourth-order valence-electron chi connectivity index (χ4n) is 3.89. The van der Waals surface area contributed by atoms with Gasteiger partial charge in [-0.3, -0.25) is 4.79 Å². The second kappa shape index (κ2) is 14.1. The third kappa shape index (κ3) is 8.30. The minimum Gasteiger partial charge on any atom is -0.489 e. The van der Waals surface area contributed by atoms with Crippen molar-refractivity contribution < 1.29 is 14.3 Å². The summed E-state index contributed by atoms with van der Waals surface area (Å²) in [5.74, 6) is 0.786. The van der Waals surface area contributed by atoms with Crippen LogP contribution in [0.25, 0.3) is 0 Å². The molecule has 9 heteroatoms. The van der Waals surface area contributed by atoms with Gasteiger partial charge >= 0.3 is 0 Å². The van der Waals surface area contributed by atoms with Gasteiger partial charge in [0, 0.05) is 35.8 Å². The fraction of sp³-hybridized carbons (Fsp3) is 0.188. The van der Waals surface area contributed by atoms with Crippen LogP contribution in [0.5, 0.6) is 11.5 Å². The first kappa shape index (κ1) is 28.6. The molecule has 3 aromatic carbocycles. The lowest BCUT2D eigenvalue weighted by molar-refractivity contribution is 0.102. The number of nitriles is 2. The maximum atomic E-state index is 13.2. The summed E-state index contributed by atoms with van der Waals surface area (Å²) in [6, 6.07) is 27.1. The van der Waals surface area contributed by atoms with E-state index in [1.54, 1.807) is 54.7 Å². The Morgan fingerprint density at radius 3 is 1.95 bits per heavy atom. The van der Waals surface area contributed by atoms with Crippen molar-refractivity contribution in [3.05, 3.63) is 113 Å². The molecule has 1 heterocycles. The number of pyridine rings is 1. The zero-order chi connectivity index (χ0) is 29.0. The normalized spacial score (nSPS) is 10.4. The fourth-order valence-corrected chi connectivity index (χ4v) is 3.89. The predicted molar refractivity (Wildman–Crippen MR) is 157 cm³/mol. The van der Waals surface area contributed by atoms with E-state index in [0.717, 1.165) is 29.9 Å². The summed E-state index contributed by atoms with van der Waals surface area (Å²) < 4.78 is 12.0. The maximum absolute atomic E-state index is 13.2. The van der Waals surface area contributed by atoms with Gasteiger partial charge in [-0.2, -0.15) is 10.5 Å². The van der Waals surface area contributed by atoms with Gasteiger partial charge in [-0.05, 0) is 50.5 Å². The molecule has 0 aliphatic heterocycles. The molecule has 1 aromatic heterocycles. The van der Waals surface area contributed by atoms with Crippen LogP contribution in [0.2, 0.25) is 0 Å². The summed E-state index contributed by atoms with van der Waals surface area (Å²) in [7, 11) is 4.01. The topological polar surface area (TPSA) is 123 Å². The van der Waals surface area contributed by atoms with Gasteiger partial charge in [-0.25, -0.2) is 4.98 Å². The monoisotopic (exact) mass is 546 g/mol. The van der Waals surface area contributed by atoms with Crippen LogP contribution < -0.4 is 20.1 Å². The first-order valence-electron chi connectivity index (χ1n) is 13.0. The van der Waals surface area contributed by atoms with Crippen molar-refractivity contribution >= 4 is 17.4 Å². The first-order chi connectivity index (χ1) is 19.9. The lowest BCUT2D eigenvalue weighted by atomic mass is 10.1. The molecule has 0 saturated carbocycles. The molecular weight excluding hydrogens is 516 g/mol. The van der Waals surface area contributed by atoms with Crippen molar-refractivity contribution in [3.8, 4) is 23.6 Å². The molecule has 0 aliphatic carbocycles. The standard InChI is InChI=1S/C32H30N6O3/c1-38(2)14-13-35-28-11-12-31(36-20-28)37-32(39)27-15-29(40-21-25-9-5-3-7-23(25)18-33)17-30(16-27)41-22-26-10-6-4-8-24(26)19-34/h3-12,15-17,20,35H,13-14,21-22H2,1-2H3,(H,36,37,39). The molecule has 0 aliphatic rings. The van der Waals surface area contributed by atoms with Gasteiger partial charge in [0.15, 0.2) is 0 Å². The van der Waals surface area contributed by atoms with Crippen molar-refractivity contribution in [3.63, 3.8) is 0 Å². The molecule has 4 aromatic rings.